The lowest BCUT2D eigenvalue weighted by atomic mass is 9.96. The van der Waals surface area contributed by atoms with Crippen LogP contribution in [0.15, 0.2) is 65.8 Å². The van der Waals surface area contributed by atoms with Gasteiger partial charge in [0.15, 0.2) is 6.10 Å². The van der Waals surface area contributed by atoms with Gasteiger partial charge in [0.05, 0.1) is 26.4 Å². The lowest BCUT2D eigenvalue weighted by molar-refractivity contribution is -0.234. The second-order valence-corrected chi connectivity index (χ2v) is 8.81. The van der Waals surface area contributed by atoms with Crippen LogP contribution in [0.3, 0.4) is 0 Å². The number of methoxy groups -OCH3 is 1. The van der Waals surface area contributed by atoms with Crippen LogP contribution in [0.25, 0.3) is 0 Å². The molecule has 8 heteroatoms. The number of hydrogen-bond donors (Lipinski definition) is 1. The van der Waals surface area contributed by atoms with Crippen molar-refractivity contribution in [3.63, 3.8) is 0 Å². The van der Waals surface area contributed by atoms with Gasteiger partial charge in [-0.1, -0.05) is 85.1 Å². The minimum atomic E-state index is -1.12. The largest absolute Gasteiger partial charge is 0.467 e. The van der Waals surface area contributed by atoms with Crippen LogP contribution in [-0.4, -0.2) is 54.7 Å². The lowest BCUT2D eigenvalue weighted by Gasteiger charge is -2.41. The minimum Gasteiger partial charge on any atom is -0.467 e. The molecule has 0 spiro atoms. The van der Waals surface area contributed by atoms with Crippen molar-refractivity contribution >= 4 is 11.7 Å². The number of oxime groups is 1. The van der Waals surface area contributed by atoms with Gasteiger partial charge in [-0.3, -0.25) is 0 Å². The van der Waals surface area contributed by atoms with Crippen molar-refractivity contribution < 1.29 is 33.7 Å². The summed E-state index contributed by atoms with van der Waals surface area (Å²) >= 11 is 0. The molecule has 1 N–H and O–H groups in total. The molecule has 1 saturated carbocycles. The highest BCUT2D eigenvalue weighted by Gasteiger charge is 2.50. The Kier molecular flexibility index (Phi) is 9.25. The van der Waals surface area contributed by atoms with Crippen LogP contribution in [-0.2, 0) is 41.7 Å². The Labute approximate surface area is 205 Å². The van der Waals surface area contributed by atoms with Gasteiger partial charge in [-0.25, -0.2) is 4.79 Å². The molecule has 4 rings (SSSR count). The number of ether oxygens (including phenoxy) is 5. The summed E-state index contributed by atoms with van der Waals surface area (Å²) in [5.41, 5.74) is 1.99. The van der Waals surface area contributed by atoms with E-state index in [1.165, 1.54) is 7.11 Å². The maximum absolute atomic E-state index is 12.8. The Balaban J connectivity index is 1.60. The number of hydrogen-bond acceptors (Lipinski definition) is 8. The summed E-state index contributed by atoms with van der Waals surface area (Å²) < 4.78 is 29.7. The molecule has 0 unspecified atom stereocenters. The van der Waals surface area contributed by atoms with Crippen LogP contribution in [0, 0.1) is 0 Å². The quantitative estimate of drug-likeness (QED) is 0.324. The SMILES string of the molecule is COC(=O)[C@H]1O[C@H](OC2CCCCC2)/C(=N/O)[C@@H](OCc2ccccc2)[C@@H]1OCc1ccccc1. The smallest absolute Gasteiger partial charge is 0.337 e. The Hall–Kier alpha value is -2.78. The van der Waals surface area contributed by atoms with Gasteiger partial charge in [0, 0.05) is 0 Å². The summed E-state index contributed by atoms with van der Waals surface area (Å²) in [6, 6.07) is 19.2. The molecule has 2 aromatic carbocycles. The molecule has 1 heterocycles. The second kappa shape index (κ2) is 12.8. The number of benzene rings is 2. The van der Waals surface area contributed by atoms with Crippen molar-refractivity contribution in [1.29, 1.82) is 0 Å². The molecule has 188 valence electrons. The predicted molar refractivity (Wildman–Crippen MR) is 128 cm³/mol. The standard InChI is InChI=1S/C27H33NO7/c1-31-26(29)25-24(33-18-20-13-7-3-8-14-20)23(32-17-19-11-5-2-6-12-19)22(28-30)27(35-25)34-21-15-9-4-10-16-21/h2-3,5-8,11-14,21,23-25,27,30H,4,9-10,15-18H2,1H3/b28-22+/t23-,24+,25+,27+/m1/s1. The van der Waals surface area contributed by atoms with E-state index in [2.05, 4.69) is 5.16 Å². The Morgan fingerprint density at radius 1 is 0.943 bits per heavy atom. The number of nitrogens with zero attached hydrogens (tertiary/aromatic N) is 1. The van der Waals surface area contributed by atoms with Gasteiger partial charge in [0.1, 0.15) is 17.9 Å². The minimum absolute atomic E-state index is 0.0552. The Morgan fingerprint density at radius 3 is 2.11 bits per heavy atom. The summed E-state index contributed by atoms with van der Waals surface area (Å²) in [6.45, 7) is 0.431. The molecular formula is C27H33NO7. The molecular weight excluding hydrogens is 450 g/mol. The van der Waals surface area contributed by atoms with Gasteiger partial charge in [0.2, 0.25) is 6.29 Å². The molecule has 0 amide bonds. The van der Waals surface area contributed by atoms with Crippen LogP contribution < -0.4 is 0 Å². The fourth-order valence-electron chi connectivity index (χ4n) is 4.51. The molecule has 2 fully saturated rings. The summed E-state index contributed by atoms with van der Waals surface area (Å²) in [4.78, 5) is 12.8. The van der Waals surface area contributed by atoms with E-state index in [0.717, 1.165) is 43.2 Å². The van der Waals surface area contributed by atoms with Gasteiger partial charge < -0.3 is 28.9 Å². The Morgan fingerprint density at radius 2 is 1.54 bits per heavy atom. The molecule has 0 bridgehead atoms. The van der Waals surface area contributed by atoms with E-state index < -0.39 is 30.6 Å². The monoisotopic (exact) mass is 483 g/mol. The molecule has 1 saturated heterocycles. The Bertz CT molecular complexity index is 947. The normalized spacial score (nSPS) is 26.5. The summed E-state index contributed by atoms with van der Waals surface area (Å²) in [5, 5.41) is 13.5. The van der Waals surface area contributed by atoms with Crippen molar-refractivity contribution in [2.75, 3.05) is 7.11 Å². The molecule has 0 radical (unpaired) electrons. The third-order valence-electron chi connectivity index (χ3n) is 6.37. The maximum Gasteiger partial charge on any atom is 0.337 e. The van der Waals surface area contributed by atoms with E-state index in [-0.39, 0.29) is 25.0 Å². The number of rotatable bonds is 9. The topological polar surface area (TPSA) is 95.8 Å². The van der Waals surface area contributed by atoms with E-state index >= 15 is 0 Å². The van der Waals surface area contributed by atoms with Gasteiger partial charge in [-0.2, -0.15) is 0 Å². The molecule has 0 aromatic heterocycles. The predicted octanol–water partition coefficient (Wildman–Crippen LogP) is 4.23. The summed E-state index contributed by atoms with van der Waals surface area (Å²) in [5.74, 6) is -0.606. The summed E-state index contributed by atoms with van der Waals surface area (Å²) in [6.07, 6.45) is 0.998. The average molecular weight is 484 g/mol. The van der Waals surface area contributed by atoms with E-state index in [4.69, 9.17) is 23.7 Å². The molecule has 4 atom stereocenters. The van der Waals surface area contributed by atoms with Gasteiger partial charge in [-0.15, -0.1) is 0 Å². The van der Waals surface area contributed by atoms with Crippen molar-refractivity contribution in [3.05, 3.63) is 71.8 Å². The highest BCUT2D eigenvalue weighted by Crippen LogP contribution is 2.30. The van der Waals surface area contributed by atoms with Gasteiger partial charge in [0.25, 0.3) is 0 Å². The van der Waals surface area contributed by atoms with E-state index in [1.807, 2.05) is 60.7 Å². The van der Waals surface area contributed by atoms with Crippen LogP contribution in [0.2, 0.25) is 0 Å². The van der Waals surface area contributed by atoms with Crippen molar-refractivity contribution in [3.8, 4) is 0 Å². The zero-order chi connectivity index (χ0) is 24.5. The highest BCUT2D eigenvalue weighted by molar-refractivity contribution is 5.94. The highest BCUT2D eigenvalue weighted by atomic mass is 16.7. The van der Waals surface area contributed by atoms with Crippen molar-refractivity contribution in [1.82, 2.24) is 0 Å². The third kappa shape index (κ3) is 6.67. The number of esters is 1. The third-order valence-corrected chi connectivity index (χ3v) is 6.37. The number of carbonyl (C=O) groups is 1. The molecule has 35 heavy (non-hydrogen) atoms. The van der Waals surface area contributed by atoms with E-state index in [1.54, 1.807) is 0 Å². The first-order valence-corrected chi connectivity index (χ1v) is 12.1. The molecule has 2 aliphatic rings. The van der Waals surface area contributed by atoms with Crippen LogP contribution in [0.1, 0.15) is 43.2 Å². The molecule has 8 nitrogen and oxygen atoms in total. The molecule has 1 aliphatic heterocycles. The van der Waals surface area contributed by atoms with E-state index in [9.17, 15) is 10.0 Å². The second-order valence-electron chi connectivity index (χ2n) is 8.81. The first-order valence-electron chi connectivity index (χ1n) is 12.1. The molecule has 1 aliphatic carbocycles. The number of carbonyl (C=O) groups excluding carboxylic acids is 1. The zero-order valence-corrected chi connectivity index (χ0v) is 20.0. The fraction of sp³-hybridized carbons (Fsp3) is 0.481. The average Bonchev–Trinajstić information content (AvgIpc) is 2.92. The fourth-order valence-corrected chi connectivity index (χ4v) is 4.51. The molecule has 2 aromatic rings. The van der Waals surface area contributed by atoms with Crippen LogP contribution in [0.4, 0.5) is 0 Å². The first-order chi connectivity index (χ1) is 17.2. The van der Waals surface area contributed by atoms with Crippen molar-refractivity contribution in [2.24, 2.45) is 5.16 Å². The van der Waals surface area contributed by atoms with E-state index in [0.29, 0.717) is 0 Å². The van der Waals surface area contributed by atoms with Gasteiger partial charge >= 0.3 is 5.97 Å². The van der Waals surface area contributed by atoms with Gasteiger partial charge in [-0.05, 0) is 24.0 Å². The van der Waals surface area contributed by atoms with Crippen LogP contribution >= 0.6 is 0 Å². The van der Waals surface area contributed by atoms with Crippen molar-refractivity contribution in [2.45, 2.75) is 76.0 Å². The summed E-state index contributed by atoms with van der Waals surface area (Å²) in [7, 11) is 1.30. The first kappa shape index (κ1) is 25.3. The maximum atomic E-state index is 12.8. The lowest BCUT2D eigenvalue weighted by Crippen LogP contribution is -2.60. The zero-order valence-electron chi connectivity index (χ0n) is 20.0. The van der Waals surface area contributed by atoms with Crippen LogP contribution in [0.5, 0.6) is 0 Å².